The fourth-order valence-electron chi connectivity index (χ4n) is 1.69. The lowest BCUT2D eigenvalue weighted by atomic mass is 10.2. The Morgan fingerprint density at radius 2 is 1.86 bits per heavy atom. The monoisotopic (exact) mass is 320 g/mol. The second-order valence-corrected chi connectivity index (χ2v) is 4.83. The zero-order valence-electron chi connectivity index (χ0n) is 11.5. The molecule has 0 heterocycles. The third-order valence-corrected chi connectivity index (χ3v) is 3.14. The van der Waals surface area contributed by atoms with Gasteiger partial charge in [0.25, 0.3) is 11.6 Å². The van der Waals surface area contributed by atoms with Crippen LogP contribution in [0, 0.1) is 10.1 Å². The molecule has 0 aromatic heterocycles. The molecule has 0 fully saturated rings. The summed E-state index contributed by atoms with van der Waals surface area (Å²) in [6, 6.07) is 12.8. The van der Waals surface area contributed by atoms with E-state index in [1.807, 2.05) is 0 Å². The van der Waals surface area contributed by atoms with Gasteiger partial charge < -0.3 is 10.1 Å². The molecule has 6 nitrogen and oxygen atoms in total. The molecule has 0 aliphatic rings. The van der Waals surface area contributed by atoms with Gasteiger partial charge in [-0.25, -0.2) is 0 Å². The van der Waals surface area contributed by atoms with E-state index in [1.165, 1.54) is 12.1 Å². The average molecular weight is 321 g/mol. The Morgan fingerprint density at radius 3 is 2.50 bits per heavy atom. The number of rotatable bonds is 6. The molecule has 0 spiro atoms. The van der Waals surface area contributed by atoms with Crippen LogP contribution in [-0.2, 0) is 11.3 Å². The second-order valence-electron chi connectivity index (χ2n) is 4.42. The number of carbonyl (C=O) groups excluding carboxylic acids is 1. The van der Waals surface area contributed by atoms with Crippen molar-refractivity contribution in [2.45, 2.75) is 6.54 Å². The SMILES string of the molecule is O=C(COc1ccccc1Cl)NCc1ccc([N+](=O)[O-])cc1. The lowest BCUT2D eigenvalue weighted by molar-refractivity contribution is -0.384. The van der Waals surface area contributed by atoms with E-state index in [0.717, 1.165) is 5.56 Å². The number of ether oxygens (including phenoxy) is 1. The van der Waals surface area contributed by atoms with Crippen molar-refractivity contribution in [3.05, 3.63) is 69.2 Å². The number of carbonyl (C=O) groups is 1. The third kappa shape index (κ3) is 4.46. The van der Waals surface area contributed by atoms with Gasteiger partial charge in [0, 0.05) is 18.7 Å². The molecule has 7 heteroatoms. The number of hydrogen-bond acceptors (Lipinski definition) is 4. The summed E-state index contributed by atoms with van der Waals surface area (Å²) in [7, 11) is 0. The fraction of sp³-hybridized carbons (Fsp3) is 0.133. The van der Waals surface area contributed by atoms with Gasteiger partial charge in [0.2, 0.25) is 0 Å². The van der Waals surface area contributed by atoms with Gasteiger partial charge in [-0.05, 0) is 17.7 Å². The van der Waals surface area contributed by atoms with E-state index in [4.69, 9.17) is 16.3 Å². The highest BCUT2D eigenvalue weighted by Gasteiger charge is 2.07. The summed E-state index contributed by atoms with van der Waals surface area (Å²) in [5.41, 5.74) is 0.772. The van der Waals surface area contributed by atoms with Gasteiger partial charge in [0.05, 0.1) is 9.95 Å². The highest BCUT2D eigenvalue weighted by atomic mass is 35.5. The number of para-hydroxylation sites is 1. The molecule has 1 N–H and O–H groups in total. The number of nitrogens with one attached hydrogen (secondary N) is 1. The Bertz CT molecular complexity index is 673. The lowest BCUT2D eigenvalue weighted by Gasteiger charge is -2.08. The fourth-order valence-corrected chi connectivity index (χ4v) is 1.88. The first kappa shape index (κ1) is 15.8. The van der Waals surface area contributed by atoms with Crippen molar-refractivity contribution in [3.8, 4) is 5.75 Å². The van der Waals surface area contributed by atoms with Gasteiger partial charge in [-0.1, -0.05) is 35.9 Å². The molecule has 1 amide bonds. The Balaban J connectivity index is 1.80. The van der Waals surface area contributed by atoms with E-state index in [9.17, 15) is 14.9 Å². The van der Waals surface area contributed by atoms with Crippen molar-refractivity contribution in [3.63, 3.8) is 0 Å². The molecular weight excluding hydrogens is 308 g/mol. The third-order valence-electron chi connectivity index (χ3n) is 2.83. The van der Waals surface area contributed by atoms with Crippen LogP contribution >= 0.6 is 11.6 Å². The molecule has 0 unspecified atom stereocenters. The van der Waals surface area contributed by atoms with E-state index in [-0.39, 0.29) is 24.7 Å². The van der Waals surface area contributed by atoms with Crippen molar-refractivity contribution in [1.29, 1.82) is 0 Å². The minimum Gasteiger partial charge on any atom is -0.482 e. The second kappa shape index (κ2) is 7.42. The van der Waals surface area contributed by atoms with Crippen LogP contribution in [0.25, 0.3) is 0 Å². The van der Waals surface area contributed by atoms with Crippen LogP contribution in [0.2, 0.25) is 5.02 Å². The number of benzene rings is 2. The quantitative estimate of drug-likeness (QED) is 0.655. The molecule has 2 aromatic carbocycles. The van der Waals surface area contributed by atoms with Crippen LogP contribution in [-0.4, -0.2) is 17.4 Å². The summed E-state index contributed by atoms with van der Waals surface area (Å²) in [5.74, 6) is 0.132. The molecule has 2 rings (SSSR count). The Labute approximate surface area is 131 Å². The van der Waals surface area contributed by atoms with E-state index < -0.39 is 4.92 Å². The first-order valence-corrected chi connectivity index (χ1v) is 6.81. The maximum atomic E-state index is 11.7. The van der Waals surface area contributed by atoms with Crippen LogP contribution in [0.5, 0.6) is 5.75 Å². The highest BCUT2D eigenvalue weighted by Crippen LogP contribution is 2.22. The van der Waals surface area contributed by atoms with Crippen LogP contribution in [0.4, 0.5) is 5.69 Å². The summed E-state index contributed by atoms with van der Waals surface area (Å²) in [4.78, 5) is 21.8. The topological polar surface area (TPSA) is 81.5 Å². The molecule has 0 saturated carbocycles. The minimum absolute atomic E-state index is 0.0112. The van der Waals surface area contributed by atoms with E-state index >= 15 is 0 Å². The minimum atomic E-state index is -0.472. The summed E-state index contributed by atoms with van der Waals surface area (Å²) in [6.07, 6.45) is 0. The Hall–Kier alpha value is -2.60. The number of nitrogens with zero attached hydrogens (tertiary/aromatic N) is 1. The summed E-state index contributed by atoms with van der Waals surface area (Å²) in [5, 5.41) is 13.6. The number of halogens is 1. The number of hydrogen-bond donors (Lipinski definition) is 1. The molecule has 0 radical (unpaired) electrons. The number of nitro groups is 1. The largest absolute Gasteiger partial charge is 0.482 e. The predicted molar refractivity (Wildman–Crippen MR) is 81.9 cm³/mol. The molecule has 2 aromatic rings. The van der Waals surface area contributed by atoms with Gasteiger partial charge in [-0.3, -0.25) is 14.9 Å². The van der Waals surface area contributed by atoms with Gasteiger partial charge in [-0.15, -0.1) is 0 Å². The van der Waals surface area contributed by atoms with E-state index in [0.29, 0.717) is 10.8 Å². The van der Waals surface area contributed by atoms with Crippen molar-refractivity contribution in [2.24, 2.45) is 0 Å². The smallest absolute Gasteiger partial charge is 0.269 e. The Morgan fingerprint density at radius 1 is 1.18 bits per heavy atom. The molecule has 22 heavy (non-hydrogen) atoms. The summed E-state index contributed by atoms with van der Waals surface area (Å²) >= 11 is 5.91. The van der Waals surface area contributed by atoms with Crippen molar-refractivity contribution in [1.82, 2.24) is 5.32 Å². The van der Waals surface area contributed by atoms with Crippen LogP contribution in [0.15, 0.2) is 48.5 Å². The normalized spacial score (nSPS) is 10.0. The highest BCUT2D eigenvalue weighted by molar-refractivity contribution is 6.32. The maximum absolute atomic E-state index is 11.7. The molecule has 0 aliphatic carbocycles. The molecule has 114 valence electrons. The van der Waals surface area contributed by atoms with Gasteiger partial charge in [0.1, 0.15) is 5.75 Å². The van der Waals surface area contributed by atoms with Crippen LogP contribution in [0.3, 0.4) is 0 Å². The van der Waals surface area contributed by atoms with Gasteiger partial charge in [-0.2, -0.15) is 0 Å². The van der Waals surface area contributed by atoms with E-state index in [2.05, 4.69) is 5.32 Å². The molecule has 0 aliphatic heterocycles. The number of nitro benzene ring substituents is 1. The van der Waals surface area contributed by atoms with Gasteiger partial charge >= 0.3 is 0 Å². The first-order valence-electron chi connectivity index (χ1n) is 6.43. The molecule has 0 atom stereocenters. The van der Waals surface area contributed by atoms with E-state index in [1.54, 1.807) is 36.4 Å². The Kier molecular flexibility index (Phi) is 5.32. The molecule has 0 bridgehead atoms. The summed E-state index contributed by atoms with van der Waals surface area (Å²) < 4.78 is 5.30. The summed E-state index contributed by atoms with van der Waals surface area (Å²) in [6.45, 7) is 0.111. The number of amides is 1. The first-order chi connectivity index (χ1) is 10.6. The number of non-ortho nitro benzene ring substituents is 1. The molecule has 0 saturated heterocycles. The zero-order valence-corrected chi connectivity index (χ0v) is 12.2. The maximum Gasteiger partial charge on any atom is 0.269 e. The predicted octanol–water partition coefficient (Wildman–Crippen LogP) is 2.94. The van der Waals surface area contributed by atoms with Crippen molar-refractivity contribution < 1.29 is 14.5 Å². The van der Waals surface area contributed by atoms with Gasteiger partial charge in [0.15, 0.2) is 6.61 Å². The standard InChI is InChI=1S/C15H13ClN2O4/c16-13-3-1-2-4-14(13)22-10-15(19)17-9-11-5-7-12(8-6-11)18(20)21/h1-8H,9-10H2,(H,17,19). The zero-order chi connectivity index (χ0) is 15.9. The van der Waals surface area contributed by atoms with Crippen molar-refractivity contribution >= 4 is 23.2 Å². The van der Waals surface area contributed by atoms with Crippen LogP contribution < -0.4 is 10.1 Å². The average Bonchev–Trinajstić information content (AvgIpc) is 2.52. The molecular formula is C15H13ClN2O4. The lowest BCUT2D eigenvalue weighted by Crippen LogP contribution is -2.28. The van der Waals surface area contributed by atoms with Crippen LogP contribution in [0.1, 0.15) is 5.56 Å². The van der Waals surface area contributed by atoms with Crippen molar-refractivity contribution in [2.75, 3.05) is 6.61 Å².